The number of carbonyl (C=O) groups is 3. The van der Waals surface area contributed by atoms with Gasteiger partial charge in [0.15, 0.2) is 5.78 Å². The molecule has 0 spiro atoms. The number of esters is 1. The highest BCUT2D eigenvalue weighted by molar-refractivity contribution is 7.06. The van der Waals surface area contributed by atoms with Crippen LogP contribution in [0.5, 0.6) is 5.75 Å². The first-order chi connectivity index (χ1) is 16.9. The minimum Gasteiger partial charge on any atom is -0.484 e. The van der Waals surface area contributed by atoms with Crippen molar-refractivity contribution in [3.05, 3.63) is 64.5 Å². The lowest BCUT2D eigenvalue weighted by molar-refractivity contribution is -0.139. The predicted octanol–water partition coefficient (Wildman–Crippen LogP) is 4.12. The summed E-state index contributed by atoms with van der Waals surface area (Å²) in [6, 6.07) is 8.67. The average molecular weight is 496 g/mol. The van der Waals surface area contributed by atoms with Crippen LogP contribution in [0, 0.1) is 11.7 Å². The first-order valence-electron chi connectivity index (χ1n) is 11.3. The Balaban J connectivity index is 1.23. The zero-order valence-corrected chi connectivity index (χ0v) is 19.6. The summed E-state index contributed by atoms with van der Waals surface area (Å²) in [5.74, 6) is -1.17. The smallest absolute Gasteiger partial charge is 0.328 e. The summed E-state index contributed by atoms with van der Waals surface area (Å²) < 4.78 is 29.8. The number of Topliss-reactive ketones (excluding diaryl/α,β-unsaturated/α-hetero) is 1. The predicted molar refractivity (Wildman–Crippen MR) is 125 cm³/mol. The second kappa shape index (κ2) is 9.53. The number of aromatic nitrogens is 2. The summed E-state index contributed by atoms with van der Waals surface area (Å²) in [5, 5.41) is 2.50. The molecule has 2 aliphatic rings. The largest absolute Gasteiger partial charge is 0.484 e. The molecule has 1 saturated heterocycles. The first kappa shape index (κ1) is 23.1. The maximum Gasteiger partial charge on any atom is 0.328 e. The fourth-order valence-corrected chi connectivity index (χ4v) is 4.47. The monoisotopic (exact) mass is 495 g/mol. The molecule has 0 bridgehead atoms. The molecular weight excluding hydrogens is 473 g/mol. The van der Waals surface area contributed by atoms with E-state index < -0.39 is 23.7 Å². The van der Waals surface area contributed by atoms with Gasteiger partial charge in [-0.05, 0) is 61.6 Å². The lowest BCUT2D eigenvalue weighted by Gasteiger charge is -2.12. The molecule has 1 saturated carbocycles. The van der Waals surface area contributed by atoms with Crippen LogP contribution in [0.15, 0.2) is 42.6 Å². The van der Waals surface area contributed by atoms with Crippen LogP contribution in [0.3, 0.4) is 0 Å². The van der Waals surface area contributed by atoms with Crippen LogP contribution in [0.4, 0.5) is 4.39 Å². The molecule has 1 N–H and O–H groups in total. The molecule has 8 nitrogen and oxygen atoms in total. The molecule has 2 fully saturated rings. The van der Waals surface area contributed by atoms with E-state index in [4.69, 9.17) is 9.47 Å². The Hall–Kier alpha value is -3.66. The number of pyridine rings is 1. The molecule has 0 unspecified atom stereocenters. The van der Waals surface area contributed by atoms with Gasteiger partial charge in [0.2, 0.25) is 0 Å². The highest BCUT2D eigenvalue weighted by Crippen LogP contribution is 2.33. The maximum absolute atomic E-state index is 14.7. The number of rotatable bonds is 8. The van der Waals surface area contributed by atoms with Crippen molar-refractivity contribution >= 4 is 29.2 Å². The minimum atomic E-state index is -0.755. The number of nitrogens with zero attached hydrogens (tertiary/aromatic N) is 2. The third-order valence-corrected chi connectivity index (χ3v) is 6.88. The first-order valence-corrected chi connectivity index (χ1v) is 12.1. The van der Waals surface area contributed by atoms with Crippen LogP contribution in [-0.4, -0.2) is 39.7 Å². The fourth-order valence-electron chi connectivity index (χ4n) is 3.75. The van der Waals surface area contributed by atoms with Gasteiger partial charge >= 0.3 is 5.97 Å². The van der Waals surface area contributed by atoms with Crippen molar-refractivity contribution in [1.29, 1.82) is 0 Å². The average Bonchev–Trinajstić information content (AvgIpc) is 3.44. The van der Waals surface area contributed by atoms with Gasteiger partial charge in [-0.25, -0.2) is 14.2 Å². The summed E-state index contributed by atoms with van der Waals surface area (Å²) in [5.41, 5.74) is 1.36. The second-order valence-corrected chi connectivity index (χ2v) is 9.41. The Morgan fingerprint density at radius 2 is 2.03 bits per heavy atom. The lowest BCUT2D eigenvalue weighted by atomic mass is 10.1. The molecule has 10 heteroatoms. The van der Waals surface area contributed by atoms with Crippen molar-refractivity contribution in [2.45, 2.75) is 38.3 Å². The van der Waals surface area contributed by atoms with Crippen LogP contribution in [0.1, 0.15) is 58.0 Å². The van der Waals surface area contributed by atoms with E-state index >= 15 is 0 Å². The summed E-state index contributed by atoms with van der Waals surface area (Å²) in [6.45, 7) is 2.10. The van der Waals surface area contributed by atoms with Gasteiger partial charge < -0.3 is 14.8 Å². The number of hydrogen-bond donors (Lipinski definition) is 1. The SMILES string of the molecule is C[C@@H](Oc1ccc(C(=O)C2CC2)nc1)c1cc(-c2ccc(C(=O)N[C@@H]3CCOC3=O)c(F)c2)ns1. The Bertz CT molecular complexity index is 1290. The highest BCUT2D eigenvalue weighted by Gasteiger charge is 2.31. The molecule has 0 radical (unpaired) electrons. The second-order valence-electron chi connectivity index (χ2n) is 8.57. The quantitative estimate of drug-likeness (QED) is 0.370. The van der Waals surface area contributed by atoms with Gasteiger partial charge in [0.05, 0.1) is 28.9 Å². The maximum atomic E-state index is 14.7. The van der Waals surface area contributed by atoms with Crippen LogP contribution >= 0.6 is 11.5 Å². The topological polar surface area (TPSA) is 107 Å². The number of ketones is 1. The van der Waals surface area contributed by atoms with Gasteiger partial charge in [-0.15, -0.1) is 0 Å². The minimum absolute atomic E-state index is 0.0773. The van der Waals surface area contributed by atoms with Crippen LogP contribution < -0.4 is 10.1 Å². The van der Waals surface area contributed by atoms with E-state index in [0.717, 1.165) is 17.7 Å². The zero-order chi connectivity index (χ0) is 24.5. The third kappa shape index (κ3) is 5.07. The van der Waals surface area contributed by atoms with Crippen molar-refractivity contribution in [3.63, 3.8) is 0 Å². The Labute approximate surface area is 204 Å². The molecule has 3 heterocycles. The van der Waals surface area contributed by atoms with Crippen LogP contribution in [-0.2, 0) is 9.53 Å². The molecule has 1 aromatic carbocycles. The van der Waals surface area contributed by atoms with Gasteiger partial charge in [-0.3, -0.25) is 9.59 Å². The Kier molecular flexibility index (Phi) is 6.29. The van der Waals surface area contributed by atoms with E-state index in [-0.39, 0.29) is 30.0 Å². The lowest BCUT2D eigenvalue weighted by Crippen LogP contribution is -2.38. The molecule has 1 amide bonds. The van der Waals surface area contributed by atoms with Crippen molar-refractivity contribution in [1.82, 2.24) is 14.7 Å². The number of halogens is 1. The Morgan fingerprint density at radius 1 is 1.20 bits per heavy atom. The summed E-state index contributed by atoms with van der Waals surface area (Å²) in [4.78, 5) is 41.0. The number of amides is 1. The van der Waals surface area contributed by atoms with Crippen molar-refractivity contribution in [2.24, 2.45) is 5.92 Å². The Morgan fingerprint density at radius 3 is 2.69 bits per heavy atom. The van der Waals surface area contributed by atoms with Gasteiger partial charge in [-0.1, -0.05) is 6.07 Å². The molecule has 35 heavy (non-hydrogen) atoms. The molecule has 1 aliphatic heterocycles. The number of nitrogens with one attached hydrogen (secondary N) is 1. The van der Waals surface area contributed by atoms with Crippen LogP contribution in [0.2, 0.25) is 0 Å². The van der Waals surface area contributed by atoms with Gasteiger partial charge in [0.1, 0.15) is 29.4 Å². The number of ether oxygens (including phenoxy) is 2. The molecule has 3 aromatic rings. The van der Waals surface area contributed by atoms with E-state index in [0.29, 0.717) is 29.1 Å². The van der Waals surface area contributed by atoms with Crippen molar-refractivity contribution in [3.8, 4) is 17.0 Å². The molecule has 180 valence electrons. The van der Waals surface area contributed by atoms with Crippen molar-refractivity contribution < 1.29 is 28.2 Å². The van der Waals surface area contributed by atoms with E-state index in [1.165, 1.54) is 23.7 Å². The fraction of sp³-hybridized carbons (Fsp3) is 0.320. The highest BCUT2D eigenvalue weighted by atomic mass is 32.1. The third-order valence-electron chi connectivity index (χ3n) is 5.93. The summed E-state index contributed by atoms with van der Waals surface area (Å²) in [7, 11) is 0. The molecule has 1 aliphatic carbocycles. The van der Waals surface area contributed by atoms with Gasteiger partial charge in [-0.2, -0.15) is 4.37 Å². The van der Waals surface area contributed by atoms with E-state index in [9.17, 15) is 18.8 Å². The van der Waals surface area contributed by atoms with E-state index in [1.807, 2.05) is 6.92 Å². The van der Waals surface area contributed by atoms with E-state index in [2.05, 4.69) is 14.7 Å². The standard InChI is InChI=1S/C25H22FN3O5S/c1-13(34-16-5-7-19(27-12-16)23(30)14-2-3-14)22-11-21(29-35-22)15-4-6-17(18(26)10-15)24(31)28-20-8-9-33-25(20)32/h4-7,10-14,20H,2-3,8-9H2,1H3,(H,28,31)/t13-,20-/m1/s1. The molecule has 5 rings (SSSR count). The number of carbonyl (C=O) groups excluding carboxylic acids is 3. The number of benzene rings is 1. The molecule has 2 atom stereocenters. The zero-order valence-electron chi connectivity index (χ0n) is 18.8. The van der Waals surface area contributed by atoms with Gasteiger partial charge in [0.25, 0.3) is 5.91 Å². The normalized spacial score (nSPS) is 18.1. The van der Waals surface area contributed by atoms with Crippen LogP contribution in [0.25, 0.3) is 11.3 Å². The molecular formula is C25H22FN3O5S. The summed E-state index contributed by atoms with van der Waals surface area (Å²) >= 11 is 1.23. The van der Waals surface area contributed by atoms with E-state index in [1.54, 1.807) is 30.5 Å². The number of hydrogen-bond acceptors (Lipinski definition) is 8. The molecule has 2 aromatic heterocycles. The summed E-state index contributed by atoms with van der Waals surface area (Å²) in [6.07, 6.45) is 3.43. The van der Waals surface area contributed by atoms with Gasteiger partial charge in [0, 0.05) is 17.9 Å². The number of cyclic esters (lactones) is 1. The van der Waals surface area contributed by atoms with Crippen molar-refractivity contribution in [2.75, 3.05) is 6.61 Å².